The van der Waals surface area contributed by atoms with Crippen LogP contribution in [0.1, 0.15) is 30.7 Å². The summed E-state index contributed by atoms with van der Waals surface area (Å²) in [5.74, 6) is 1.48. The van der Waals surface area contributed by atoms with Gasteiger partial charge in [0.2, 0.25) is 0 Å². The summed E-state index contributed by atoms with van der Waals surface area (Å²) in [5, 5.41) is 0. The van der Waals surface area contributed by atoms with E-state index < -0.39 is 0 Å². The number of hydrogen-bond donors (Lipinski definition) is 0. The van der Waals surface area contributed by atoms with E-state index in [9.17, 15) is 0 Å². The average molecular weight is 292 g/mol. The third-order valence-corrected chi connectivity index (χ3v) is 4.46. The summed E-state index contributed by atoms with van der Waals surface area (Å²) in [6.45, 7) is 6.89. The number of para-hydroxylation sites is 1. The zero-order valence-corrected chi connectivity index (χ0v) is 12.9. The van der Waals surface area contributed by atoms with Crippen LogP contribution in [0.25, 0.3) is 11.0 Å². The molecule has 1 aromatic carbocycles. The molecule has 1 fully saturated rings. The van der Waals surface area contributed by atoms with Crippen LogP contribution in [0.15, 0.2) is 18.2 Å². The number of imidazole rings is 1. The van der Waals surface area contributed by atoms with Gasteiger partial charge in [0, 0.05) is 6.54 Å². The summed E-state index contributed by atoms with van der Waals surface area (Å²) in [6, 6.07) is 6.30. The molecule has 2 aromatic rings. The Morgan fingerprint density at radius 1 is 1.20 bits per heavy atom. The smallest absolute Gasteiger partial charge is 0.124 e. The summed E-state index contributed by atoms with van der Waals surface area (Å²) in [4.78, 5) is 7.22. The second kappa shape index (κ2) is 6.15. The quantitative estimate of drug-likeness (QED) is 0.785. The molecule has 0 bridgehead atoms. The highest BCUT2D eigenvalue weighted by atomic mass is 35.5. The van der Waals surface area contributed by atoms with Crippen molar-refractivity contribution in [2.45, 2.75) is 38.6 Å². The van der Waals surface area contributed by atoms with Gasteiger partial charge in [-0.3, -0.25) is 0 Å². The second-order valence-electron chi connectivity index (χ2n) is 5.66. The van der Waals surface area contributed by atoms with Crippen molar-refractivity contribution in [3.8, 4) is 0 Å². The van der Waals surface area contributed by atoms with E-state index in [1.807, 2.05) is 0 Å². The molecule has 0 atom stereocenters. The zero-order chi connectivity index (χ0) is 13.9. The van der Waals surface area contributed by atoms with Crippen molar-refractivity contribution in [3.63, 3.8) is 0 Å². The molecule has 1 aliphatic rings. The van der Waals surface area contributed by atoms with Crippen LogP contribution in [0.2, 0.25) is 0 Å². The van der Waals surface area contributed by atoms with Crippen molar-refractivity contribution in [1.82, 2.24) is 14.5 Å². The van der Waals surface area contributed by atoms with Crippen LogP contribution < -0.4 is 0 Å². The maximum absolute atomic E-state index is 6.07. The van der Waals surface area contributed by atoms with Crippen molar-refractivity contribution in [1.29, 1.82) is 0 Å². The van der Waals surface area contributed by atoms with Crippen LogP contribution in [-0.2, 0) is 12.4 Å². The number of halogens is 1. The van der Waals surface area contributed by atoms with Crippen LogP contribution in [-0.4, -0.2) is 34.1 Å². The van der Waals surface area contributed by atoms with E-state index in [0.717, 1.165) is 17.9 Å². The molecule has 0 radical (unpaired) electrons. The first-order valence-electron chi connectivity index (χ1n) is 7.52. The van der Waals surface area contributed by atoms with Gasteiger partial charge in [0.25, 0.3) is 0 Å². The lowest BCUT2D eigenvalue weighted by Crippen LogP contribution is -2.21. The molecule has 0 aliphatic carbocycles. The Hall–Kier alpha value is -1.06. The molecule has 1 aliphatic heterocycles. The monoisotopic (exact) mass is 291 g/mol. The predicted molar refractivity (Wildman–Crippen MR) is 84.3 cm³/mol. The van der Waals surface area contributed by atoms with Crippen molar-refractivity contribution >= 4 is 22.6 Å². The van der Waals surface area contributed by atoms with E-state index >= 15 is 0 Å². The molecule has 3 rings (SSSR count). The molecule has 0 unspecified atom stereocenters. The standard InChI is InChI=1S/C16H22ClN3/c1-13-6-4-7-14-16(13)20(15(12-17)18-14)11-5-10-19-8-2-3-9-19/h4,6-7H,2-3,5,8-12H2,1H3. The van der Waals surface area contributed by atoms with E-state index in [2.05, 4.69) is 39.6 Å². The Labute approximate surface area is 125 Å². The minimum absolute atomic E-state index is 0.484. The fraction of sp³-hybridized carbons (Fsp3) is 0.562. The number of rotatable bonds is 5. The number of likely N-dealkylation sites (tertiary alicyclic amines) is 1. The molecule has 0 saturated carbocycles. The molecule has 3 nitrogen and oxygen atoms in total. The number of nitrogens with zero attached hydrogens (tertiary/aromatic N) is 3. The third kappa shape index (κ3) is 2.70. The van der Waals surface area contributed by atoms with Gasteiger partial charge in [0.1, 0.15) is 5.82 Å². The van der Waals surface area contributed by atoms with Crippen molar-refractivity contribution in [2.75, 3.05) is 19.6 Å². The van der Waals surface area contributed by atoms with Gasteiger partial charge >= 0.3 is 0 Å². The highest BCUT2D eigenvalue weighted by Crippen LogP contribution is 2.21. The van der Waals surface area contributed by atoms with E-state index in [1.54, 1.807) is 0 Å². The summed E-state index contributed by atoms with van der Waals surface area (Å²) >= 11 is 6.07. The van der Waals surface area contributed by atoms with Crippen LogP contribution in [0.3, 0.4) is 0 Å². The third-order valence-electron chi connectivity index (χ3n) is 4.22. The molecule has 2 heterocycles. The predicted octanol–water partition coefficient (Wildman–Crippen LogP) is 3.57. The molecule has 4 heteroatoms. The number of aromatic nitrogens is 2. The normalized spacial score (nSPS) is 16.3. The van der Waals surface area contributed by atoms with Crippen LogP contribution in [0.5, 0.6) is 0 Å². The first-order valence-corrected chi connectivity index (χ1v) is 8.06. The van der Waals surface area contributed by atoms with Gasteiger partial charge in [-0.2, -0.15) is 0 Å². The molecule has 20 heavy (non-hydrogen) atoms. The van der Waals surface area contributed by atoms with Crippen molar-refractivity contribution in [2.24, 2.45) is 0 Å². The van der Waals surface area contributed by atoms with E-state index in [0.29, 0.717) is 5.88 Å². The fourth-order valence-electron chi connectivity index (χ4n) is 3.21. The maximum atomic E-state index is 6.07. The molecule has 1 aromatic heterocycles. The SMILES string of the molecule is Cc1cccc2nc(CCl)n(CCCN3CCCC3)c12. The summed E-state index contributed by atoms with van der Waals surface area (Å²) in [6.07, 6.45) is 3.89. The average Bonchev–Trinajstić information content (AvgIpc) is 3.07. The molecule has 1 saturated heterocycles. The minimum atomic E-state index is 0.484. The number of aryl methyl sites for hydroxylation is 2. The van der Waals surface area contributed by atoms with Gasteiger partial charge in [0.15, 0.2) is 0 Å². The Morgan fingerprint density at radius 3 is 2.75 bits per heavy atom. The summed E-state index contributed by atoms with van der Waals surface area (Å²) in [7, 11) is 0. The fourth-order valence-corrected chi connectivity index (χ4v) is 3.42. The molecule has 108 valence electrons. The number of alkyl halides is 1. The van der Waals surface area contributed by atoms with Gasteiger partial charge < -0.3 is 9.47 Å². The highest BCUT2D eigenvalue weighted by molar-refractivity contribution is 6.16. The Balaban J connectivity index is 1.78. The topological polar surface area (TPSA) is 21.1 Å². The van der Waals surface area contributed by atoms with Crippen LogP contribution in [0, 0.1) is 6.92 Å². The van der Waals surface area contributed by atoms with E-state index in [4.69, 9.17) is 11.6 Å². The van der Waals surface area contributed by atoms with Crippen molar-refractivity contribution < 1.29 is 0 Å². The molecule has 0 spiro atoms. The molecule has 0 amide bonds. The Kier molecular flexibility index (Phi) is 4.27. The minimum Gasteiger partial charge on any atom is -0.327 e. The molecule has 0 N–H and O–H groups in total. The lowest BCUT2D eigenvalue weighted by molar-refractivity contribution is 0.325. The Morgan fingerprint density at radius 2 is 2.00 bits per heavy atom. The lowest BCUT2D eigenvalue weighted by atomic mass is 10.2. The number of fused-ring (bicyclic) bond motifs is 1. The second-order valence-corrected chi connectivity index (χ2v) is 5.93. The molecular formula is C16H22ClN3. The van der Waals surface area contributed by atoms with Crippen LogP contribution >= 0.6 is 11.6 Å². The summed E-state index contributed by atoms with van der Waals surface area (Å²) < 4.78 is 2.31. The molecular weight excluding hydrogens is 270 g/mol. The summed E-state index contributed by atoms with van der Waals surface area (Å²) in [5.41, 5.74) is 3.61. The van der Waals surface area contributed by atoms with Crippen molar-refractivity contribution in [3.05, 3.63) is 29.6 Å². The number of hydrogen-bond acceptors (Lipinski definition) is 2. The zero-order valence-electron chi connectivity index (χ0n) is 12.1. The number of benzene rings is 1. The maximum Gasteiger partial charge on any atom is 0.124 e. The lowest BCUT2D eigenvalue weighted by Gasteiger charge is -2.15. The highest BCUT2D eigenvalue weighted by Gasteiger charge is 2.14. The van der Waals surface area contributed by atoms with Crippen LogP contribution in [0.4, 0.5) is 0 Å². The Bertz CT molecular complexity index is 585. The largest absolute Gasteiger partial charge is 0.327 e. The van der Waals surface area contributed by atoms with Gasteiger partial charge in [-0.1, -0.05) is 12.1 Å². The van der Waals surface area contributed by atoms with E-state index in [-0.39, 0.29) is 0 Å². The van der Waals surface area contributed by atoms with Gasteiger partial charge in [-0.15, -0.1) is 11.6 Å². The van der Waals surface area contributed by atoms with Gasteiger partial charge in [-0.25, -0.2) is 4.98 Å². The van der Waals surface area contributed by atoms with Gasteiger partial charge in [0.05, 0.1) is 16.9 Å². The van der Waals surface area contributed by atoms with E-state index in [1.165, 1.54) is 50.0 Å². The first-order chi connectivity index (χ1) is 9.79. The first kappa shape index (κ1) is 13.9. The van der Waals surface area contributed by atoms with Gasteiger partial charge in [-0.05, 0) is 57.5 Å².